The van der Waals surface area contributed by atoms with Crippen LogP contribution in [0.5, 0.6) is 0 Å². The fourth-order valence-corrected chi connectivity index (χ4v) is 2.06. The van der Waals surface area contributed by atoms with Crippen molar-refractivity contribution in [2.75, 3.05) is 25.1 Å². The zero-order valence-corrected chi connectivity index (χ0v) is 15.2. The Kier molecular flexibility index (Phi) is 9.75. The highest BCUT2D eigenvalue weighted by Crippen LogP contribution is 2.27. The summed E-state index contributed by atoms with van der Waals surface area (Å²) in [5, 5.41) is 25.2. The topological polar surface area (TPSA) is 117 Å². The van der Waals surface area contributed by atoms with E-state index in [1.165, 1.54) is 18.3 Å². The Labute approximate surface area is 156 Å². The first-order valence-corrected chi connectivity index (χ1v) is 8.54. The summed E-state index contributed by atoms with van der Waals surface area (Å²) in [5.41, 5.74) is -0.292. The van der Waals surface area contributed by atoms with E-state index in [4.69, 9.17) is 21.6 Å². The fraction of sp³-hybridized carbons (Fsp3) is 0.412. The van der Waals surface area contributed by atoms with Gasteiger partial charge in [-0.2, -0.15) is 5.26 Å². The molecule has 0 saturated carbocycles. The van der Waals surface area contributed by atoms with Gasteiger partial charge in [0.1, 0.15) is 16.7 Å². The maximum absolute atomic E-state index is 12.1. The van der Waals surface area contributed by atoms with Crippen molar-refractivity contribution in [1.82, 2.24) is 5.32 Å². The number of nitrogens with zero attached hydrogens (tertiary/aromatic N) is 2. The second-order valence-corrected chi connectivity index (χ2v) is 5.73. The van der Waals surface area contributed by atoms with Crippen molar-refractivity contribution in [3.8, 4) is 6.07 Å². The van der Waals surface area contributed by atoms with Gasteiger partial charge in [0.2, 0.25) is 0 Å². The van der Waals surface area contributed by atoms with Crippen LogP contribution in [0.3, 0.4) is 0 Å². The number of hydrogen-bond donors (Lipinski definition) is 2. The van der Waals surface area contributed by atoms with E-state index >= 15 is 0 Å². The quantitative estimate of drug-likeness (QED) is 0.200. The largest absolute Gasteiger partial charge is 0.390 e. The van der Waals surface area contributed by atoms with Crippen molar-refractivity contribution >= 4 is 28.9 Å². The molecule has 1 aromatic rings. The van der Waals surface area contributed by atoms with Crippen LogP contribution < -0.4 is 10.6 Å². The molecule has 0 atom stereocenters. The molecular weight excluding hydrogens is 360 g/mol. The number of halogens is 1. The molecule has 2 N–H and O–H groups in total. The van der Waals surface area contributed by atoms with Crippen molar-refractivity contribution < 1.29 is 14.5 Å². The van der Waals surface area contributed by atoms with E-state index in [-0.39, 0.29) is 22.0 Å². The molecule has 0 aromatic heterocycles. The van der Waals surface area contributed by atoms with Crippen molar-refractivity contribution in [2.24, 2.45) is 0 Å². The number of nitrogens with one attached hydrogen (secondary N) is 2. The number of amides is 1. The molecule has 0 bridgehead atoms. The van der Waals surface area contributed by atoms with Crippen LogP contribution in [-0.2, 0) is 9.53 Å². The number of carbonyl (C=O) groups excluding carboxylic acids is 1. The Bertz CT molecular complexity index is 700. The Morgan fingerprint density at radius 2 is 2.15 bits per heavy atom. The lowest BCUT2D eigenvalue weighted by molar-refractivity contribution is -0.384. The molecular formula is C17H21ClN4O4. The van der Waals surface area contributed by atoms with Crippen LogP contribution in [-0.4, -0.2) is 30.6 Å². The zero-order valence-electron chi connectivity index (χ0n) is 14.5. The maximum Gasteiger partial charge on any atom is 0.289 e. The van der Waals surface area contributed by atoms with Gasteiger partial charge in [-0.15, -0.1) is 0 Å². The highest BCUT2D eigenvalue weighted by Gasteiger charge is 2.15. The van der Waals surface area contributed by atoms with E-state index in [2.05, 4.69) is 17.6 Å². The molecule has 0 spiro atoms. The number of nitriles is 1. The summed E-state index contributed by atoms with van der Waals surface area (Å²) in [7, 11) is 0. The molecule has 0 aliphatic carbocycles. The number of rotatable bonds is 11. The normalized spacial score (nSPS) is 10.9. The minimum atomic E-state index is -0.671. The van der Waals surface area contributed by atoms with E-state index in [0.29, 0.717) is 13.2 Å². The van der Waals surface area contributed by atoms with Crippen LogP contribution in [0.25, 0.3) is 0 Å². The van der Waals surface area contributed by atoms with Crippen LogP contribution in [0, 0.1) is 21.4 Å². The molecule has 8 nitrogen and oxygen atoms in total. The lowest BCUT2D eigenvalue weighted by Gasteiger charge is -2.06. The molecule has 0 heterocycles. The van der Waals surface area contributed by atoms with Crippen LogP contribution in [0.4, 0.5) is 11.4 Å². The number of nitro groups is 1. The predicted octanol–water partition coefficient (Wildman–Crippen LogP) is 3.39. The van der Waals surface area contributed by atoms with Crippen LogP contribution in [0.2, 0.25) is 5.02 Å². The number of anilines is 1. The van der Waals surface area contributed by atoms with Gasteiger partial charge < -0.3 is 15.4 Å². The maximum atomic E-state index is 12.1. The first-order chi connectivity index (χ1) is 12.5. The minimum absolute atomic E-state index is 0.0353. The molecule has 1 aromatic carbocycles. The molecule has 1 rings (SSSR count). The molecule has 1 amide bonds. The second kappa shape index (κ2) is 11.8. The second-order valence-electron chi connectivity index (χ2n) is 5.32. The van der Waals surface area contributed by atoms with E-state index < -0.39 is 10.8 Å². The van der Waals surface area contributed by atoms with E-state index in [9.17, 15) is 14.9 Å². The summed E-state index contributed by atoms with van der Waals surface area (Å²) >= 11 is 5.72. The predicted molar refractivity (Wildman–Crippen MR) is 98.8 cm³/mol. The van der Waals surface area contributed by atoms with E-state index in [1.807, 2.05) is 0 Å². The molecule has 0 saturated heterocycles. The van der Waals surface area contributed by atoms with E-state index in [0.717, 1.165) is 31.9 Å². The summed E-state index contributed by atoms with van der Waals surface area (Å²) < 4.78 is 5.40. The lowest BCUT2D eigenvalue weighted by atomic mass is 10.2. The molecule has 140 valence electrons. The highest BCUT2D eigenvalue weighted by atomic mass is 35.5. The molecule has 0 radical (unpaired) electrons. The summed E-state index contributed by atoms with van der Waals surface area (Å²) in [6, 6.07) is 5.65. The SMILES string of the molecule is CCCCOCCCN/C=C(/C#N)C(=O)Nc1ccc(Cl)c([N+](=O)[O-])c1. The Hall–Kier alpha value is -2.63. The number of carbonyl (C=O) groups is 1. The van der Waals surface area contributed by atoms with Crippen LogP contribution >= 0.6 is 11.6 Å². The number of ether oxygens (including phenoxy) is 1. The zero-order chi connectivity index (χ0) is 19.4. The third-order valence-corrected chi connectivity index (χ3v) is 3.58. The molecule has 26 heavy (non-hydrogen) atoms. The average molecular weight is 381 g/mol. The Morgan fingerprint density at radius 3 is 2.81 bits per heavy atom. The number of hydrogen-bond acceptors (Lipinski definition) is 6. The van der Waals surface area contributed by atoms with Crippen molar-refractivity contribution in [3.05, 3.63) is 45.1 Å². The highest BCUT2D eigenvalue weighted by molar-refractivity contribution is 6.32. The van der Waals surface area contributed by atoms with Crippen molar-refractivity contribution in [2.45, 2.75) is 26.2 Å². The van der Waals surface area contributed by atoms with Gasteiger partial charge in [0.25, 0.3) is 11.6 Å². The minimum Gasteiger partial charge on any atom is -0.390 e. The average Bonchev–Trinajstić information content (AvgIpc) is 2.61. The van der Waals surface area contributed by atoms with Crippen molar-refractivity contribution in [1.29, 1.82) is 5.26 Å². The van der Waals surface area contributed by atoms with Crippen molar-refractivity contribution in [3.63, 3.8) is 0 Å². The monoisotopic (exact) mass is 380 g/mol. The lowest BCUT2D eigenvalue weighted by Crippen LogP contribution is -2.18. The summed E-state index contributed by atoms with van der Waals surface area (Å²) in [5.74, 6) is -0.671. The van der Waals surface area contributed by atoms with Gasteiger partial charge in [0.05, 0.1) is 4.92 Å². The Balaban J connectivity index is 2.52. The summed E-state index contributed by atoms with van der Waals surface area (Å²) in [6.07, 6.45) is 4.16. The smallest absolute Gasteiger partial charge is 0.289 e. The van der Waals surface area contributed by atoms with Gasteiger partial charge in [0, 0.05) is 37.7 Å². The first-order valence-electron chi connectivity index (χ1n) is 8.16. The van der Waals surface area contributed by atoms with E-state index in [1.54, 1.807) is 6.07 Å². The van der Waals surface area contributed by atoms with Gasteiger partial charge in [-0.3, -0.25) is 14.9 Å². The summed E-state index contributed by atoms with van der Waals surface area (Å²) in [4.78, 5) is 22.3. The number of benzene rings is 1. The van der Waals surface area contributed by atoms with Gasteiger partial charge in [0.15, 0.2) is 0 Å². The Morgan fingerprint density at radius 1 is 1.42 bits per heavy atom. The van der Waals surface area contributed by atoms with Crippen LogP contribution in [0.15, 0.2) is 30.0 Å². The molecule has 9 heteroatoms. The third kappa shape index (κ3) is 7.51. The first kappa shape index (κ1) is 21.4. The molecule has 0 fully saturated rings. The fourth-order valence-electron chi connectivity index (χ4n) is 1.88. The van der Waals surface area contributed by atoms with Gasteiger partial charge in [-0.25, -0.2) is 0 Å². The van der Waals surface area contributed by atoms with Gasteiger partial charge >= 0.3 is 0 Å². The third-order valence-electron chi connectivity index (χ3n) is 3.26. The molecule has 0 aliphatic heterocycles. The summed E-state index contributed by atoms with van der Waals surface area (Å²) in [6.45, 7) is 3.97. The number of unbranched alkanes of at least 4 members (excludes halogenated alkanes) is 1. The van der Waals surface area contributed by atoms with Gasteiger partial charge in [-0.1, -0.05) is 24.9 Å². The molecule has 0 unspecified atom stereocenters. The number of nitro benzene ring substituents is 1. The van der Waals surface area contributed by atoms with Gasteiger partial charge in [-0.05, 0) is 25.0 Å². The molecule has 0 aliphatic rings. The van der Waals surface area contributed by atoms with Crippen LogP contribution in [0.1, 0.15) is 26.2 Å². The standard InChI is InChI=1S/C17H21ClN4O4/c1-2-3-8-26-9-4-7-20-12-13(11-19)17(23)21-14-5-6-15(18)16(10-14)22(24)25/h5-6,10,12,20H,2-4,7-9H2,1H3,(H,21,23)/b13-12-.